The van der Waals surface area contributed by atoms with Gasteiger partial charge in [0.05, 0.1) is 10.8 Å². The molecule has 0 heterocycles. The number of benzene rings is 7. The molecule has 0 aliphatic heterocycles. The van der Waals surface area contributed by atoms with Crippen molar-refractivity contribution in [3.63, 3.8) is 0 Å². The molecule has 0 fully saturated rings. The molecule has 7 rings (SSSR count). The van der Waals surface area contributed by atoms with Crippen molar-refractivity contribution in [3.8, 4) is 11.1 Å². The van der Waals surface area contributed by atoms with Crippen LogP contribution in [-0.2, 0) is 0 Å². The van der Waals surface area contributed by atoms with Crippen LogP contribution in [0.15, 0.2) is 72.8 Å². The Kier molecular flexibility index (Phi) is 6.73. The van der Waals surface area contributed by atoms with Gasteiger partial charge in [-0.3, -0.25) is 0 Å². The number of hydrogen-bond donors (Lipinski definition) is 0. The quantitative estimate of drug-likeness (QED) is 0.0787. The van der Waals surface area contributed by atoms with Gasteiger partial charge >= 0.3 is 0 Å². The Morgan fingerprint density at radius 3 is 1.67 bits per heavy atom. The Hall–Kier alpha value is -5.13. The van der Waals surface area contributed by atoms with E-state index in [0.29, 0.717) is 18.2 Å². The minimum Gasteiger partial charge on any atom is -0.206 e. The first-order chi connectivity index (χ1) is 21.9. The normalized spacial score (nSPS) is 11.8. The monoisotopic (exact) mass is 640 g/mol. The lowest BCUT2D eigenvalue weighted by Gasteiger charge is -2.24. The predicted octanol–water partition coefficient (Wildman–Crippen LogP) is 8.30. The van der Waals surface area contributed by atoms with E-state index in [1.165, 1.54) is 24.3 Å². The van der Waals surface area contributed by atoms with Crippen molar-refractivity contribution >= 4 is 55.4 Å². The third kappa shape index (κ3) is 4.01. The van der Waals surface area contributed by atoms with E-state index in [1.807, 2.05) is 0 Å². The zero-order chi connectivity index (χ0) is 32.8. The highest BCUT2D eigenvalue weighted by atomic mass is 19.2. The molecule has 0 unspecified atom stereocenters. The van der Waals surface area contributed by atoms with E-state index in [-0.39, 0.29) is 21.8 Å². The summed E-state index contributed by atoms with van der Waals surface area (Å²) in [5, 5.41) is -3.26. The third-order valence-corrected chi connectivity index (χ3v) is 8.22. The number of halogens is 11. The summed E-state index contributed by atoms with van der Waals surface area (Å²) < 4.78 is 166. The van der Waals surface area contributed by atoms with Crippen LogP contribution in [0.4, 0.5) is 48.3 Å². The summed E-state index contributed by atoms with van der Waals surface area (Å²) in [5.74, 6) is -19.4. The average molecular weight is 640 g/mol. The van der Waals surface area contributed by atoms with Crippen LogP contribution in [-0.4, -0.2) is 6.71 Å². The fourth-order valence-corrected chi connectivity index (χ4v) is 6.23. The lowest BCUT2D eigenvalue weighted by molar-refractivity contribution is 0.449. The average Bonchev–Trinajstić information content (AvgIpc) is 3.04. The minimum atomic E-state index is -2.02. The lowest BCUT2D eigenvalue weighted by Crippen LogP contribution is -2.56. The topological polar surface area (TPSA) is 0 Å². The summed E-state index contributed by atoms with van der Waals surface area (Å²) in [6, 6.07) is 11.9. The predicted molar refractivity (Wildman–Crippen MR) is 153 cm³/mol. The molecule has 0 N–H and O–H groups in total. The summed E-state index contributed by atoms with van der Waals surface area (Å²) in [7, 11) is 0. The fourth-order valence-electron chi connectivity index (χ4n) is 6.23. The van der Waals surface area contributed by atoms with Crippen molar-refractivity contribution in [2.24, 2.45) is 0 Å². The van der Waals surface area contributed by atoms with Crippen molar-refractivity contribution in [1.82, 2.24) is 0 Å². The van der Waals surface area contributed by atoms with E-state index in [0.717, 1.165) is 30.3 Å². The van der Waals surface area contributed by atoms with Crippen molar-refractivity contribution in [1.29, 1.82) is 0 Å². The Balaban J connectivity index is 1.69. The molecule has 0 saturated carbocycles. The molecule has 0 saturated heterocycles. The second-order valence-electron chi connectivity index (χ2n) is 10.6. The van der Waals surface area contributed by atoms with E-state index < -0.39 is 109 Å². The first kappa shape index (κ1) is 29.6. The van der Waals surface area contributed by atoms with Crippen LogP contribution in [0.3, 0.4) is 0 Å². The van der Waals surface area contributed by atoms with Gasteiger partial charge in [-0.05, 0) is 51.5 Å². The molecule has 0 spiro atoms. The van der Waals surface area contributed by atoms with Gasteiger partial charge in [0, 0.05) is 16.3 Å². The molecule has 0 aromatic heterocycles. The van der Waals surface area contributed by atoms with Crippen LogP contribution < -0.4 is 16.4 Å². The zero-order valence-electron chi connectivity index (χ0n) is 22.7. The number of rotatable bonds is 4. The van der Waals surface area contributed by atoms with Crippen molar-refractivity contribution in [2.75, 3.05) is 0 Å². The third-order valence-electron chi connectivity index (χ3n) is 8.22. The Morgan fingerprint density at radius 2 is 0.935 bits per heavy atom. The summed E-state index contributed by atoms with van der Waals surface area (Å²) in [6.07, 6.45) is 0. The van der Waals surface area contributed by atoms with Crippen LogP contribution >= 0.6 is 0 Å². The molecule has 0 aliphatic rings. The van der Waals surface area contributed by atoms with Crippen LogP contribution in [0.2, 0.25) is 0 Å². The molecule has 0 nitrogen and oxygen atoms in total. The van der Waals surface area contributed by atoms with E-state index in [1.54, 1.807) is 0 Å². The van der Waals surface area contributed by atoms with Gasteiger partial charge in [-0.2, -0.15) is 0 Å². The molecule has 7 aromatic rings. The minimum absolute atomic E-state index is 0.0876. The Morgan fingerprint density at radius 1 is 0.348 bits per heavy atom. The maximum Gasteiger partial charge on any atom is 0.250 e. The van der Waals surface area contributed by atoms with Gasteiger partial charge in [-0.1, -0.05) is 54.0 Å². The lowest BCUT2D eigenvalue weighted by atomic mass is 9.35. The zero-order valence-corrected chi connectivity index (χ0v) is 22.7. The van der Waals surface area contributed by atoms with Crippen molar-refractivity contribution in [2.45, 2.75) is 0 Å². The second kappa shape index (κ2) is 10.5. The van der Waals surface area contributed by atoms with E-state index in [9.17, 15) is 22.0 Å². The molecular formula is C34H12BF11. The highest BCUT2D eigenvalue weighted by Crippen LogP contribution is 2.40. The van der Waals surface area contributed by atoms with Crippen LogP contribution in [0.1, 0.15) is 0 Å². The largest absolute Gasteiger partial charge is 0.250 e. The second-order valence-corrected chi connectivity index (χ2v) is 10.6. The van der Waals surface area contributed by atoms with Crippen LogP contribution in [0.5, 0.6) is 0 Å². The summed E-state index contributed by atoms with van der Waals surface area (Å²) >= 11 is 0. The van der Waals surface area contributed by atoms with E-state index in [4.69, 9.17) is 0 Å². The van der Waals surface area contributed by atoms with Gasteiger partial charge in [-0.25, -0.2) is 48.3 Å². The highest BCUT2D eigenvalue weighted by molar-refractivity contribution is 6.97. The van der Waals surface area contributed by atoms with E-state index in [2.05, 4.69) is 0 Å². The molecule has 0 amide bonds. The summed E-state index contributed by atoms with van der Waals surface area (Å²) in [4.78, 5) is 0. The van der Waals surface area contributed by atoms with Gasteiger partial charge in [0.25, 0.3) is 6.71 Å². The molecule has 7 aromatic carbocycles. The Labute approximate surface area is 251 Å². The molecule has 0 aliphatic carbocycles. The number of hydrogen-bond acceptors (Lipinski definition) is 0. The fraction of sp³-hybridized carbons (Fsp3) is 0. The van der Waals surface area contributed by atoms with Crippen LogP contribution in [0.25, 0.3) is 43.4 Å². The first-order valence-electron chi connectivity index (χ1n) is 13.4. The molecule has 0 radical (unpaired) electrons. The molecule has 46 heavy (non-hydrogen) atoms. The van der Waals surface area contributed by atoms with Gasteiger partial charge in [0.1, 0.15) is 5.82 Å². The molecule has 12 heteroatoms. The molecular weight excluding hydrogens is 628 g/mol. The first-order valence-corrected chi connectivity index (χ1v) is 13.4. The standard InChI is InChI=1S/C34H12BF11/c36-19-10-6-13-5-7-16-23-22(13)24(19)31(43)32(44)25(23)33(45)34(46)26(16)35(18-9-12-21(38)30(42)28(18)40)17-4-2-1-3-14(17)15-8-11-20(37)29(41)27(15)39/h1-12H. The molecule has 228 valence electrons. The van der Waals surface area contributed by atoms with Gasteiger partial charge in [0.15, 0.2) is 58.2 Å². The summed E-state index contributed by atoms with van der Waals surface area (Å²) in [6.45, 7) is -2.02. The van der Waals surface area contributed by atoms with Crippen molar-refractivity contribution in [3.05, 3.63) is 137 Å². The molecule has 0 bridgehead atoms. The van der Waals surface area contributed by atoms with Gasteiger partial charge in [0.2, 0.25) is 0 Å². The van der Waals surface area contributed by atoms with Gasteiger partial charge < -0.3 is 0 Å². The maximum absolute atomic E-state index is 16.4. The van der Waals surface area contributed by atoms with Crippen LogP contribution in [0, 0.1) is 64.0 Å². The highest BCUT2D eigenvalue weighted by Gasteiger charge is 2.37. The van der Waals surface area contributed by atoms with Gasteiger partial charge in [-0.15, -0.1) is 0 Å². The van der Waals surface area contributed by atoms with E-state index >= 15 is 26.3 Å². The van der Waals surface area contributed by atoms with Crippen molar-refractivity contribution < 1.29 is 48.3 Å². The molecule has 0 atom stereocenters. The summed E-state index contributed by atoms with van der Waals surface area (Å²) in [5.41, 5.74) is -2.91. The SMILES string of the molecule is Fc1ccc(B(c2ccccc2-c2ccc(F)c(F)c2F)c2c(F)c(F)c3c(F)c(F)c4c(F)ccc5ccc2c3c54)c(F)c1F. The smallest absolute Gasteiger partial charge is 0.206 e. The Bertz CT molecular complexity index is 2400. The maximum atomic E-state index is 16.4.